The minimum atomic E-state index is -0.506. The first kappa shape index (κ1) is 26.5. The SMILES string of the molecule is CC1(C)OB(c2ccc(-c3c4ccccc4c(-c4ccc(O)c(-c5ccccc5)c4)c4ccccc34)cn2)OC1(C)C. The number of pyridine rings is 1. The molecule has 0 bridgehead atoms. The number of hydrogen-bond donors (Lipinski definition) is 1. The number of phenolic OH excluding ortho intramolecular Hbond substituents is 1. The summed E-state index contributed by atoms with van der Waals surface area (Å²) in [5, 5.41) is 15.4. The third-order valence-corrected chi connectivity index (χ3v) is 8.87. The molecule has 206 valence electrons. The van der Waals surface area contributed by atoms with E-state index >= 15 is 0 Å². The molecular formula is C37H32BNO3. The topological polar surface area (TPSA) is 51.6 Å². The standard InChI is InChI=1S/C37H32BNO3/c1-36(2)37(3,4)42-38(41-36)33-21-19-26(23-39-33)35-29-16-10-8-14-27(29)34(28-15-9-11-17-30(28)35)25-18-20-32(40)31(22-25)24-12-6-5-7-13-24/h5-23,40H,1-4H3. The maximum absolute atomic E-state index is 10.8. The van der Waals surface area contributed by atoms with Crippen molar-refractivity contribution in [3.8, 4) is 39.1 Å². The minimum Gasteiger partial charge on any atom is -0.507 e. The Hall–Kier alpha value is -4.45. The quantitative estimate of drug-likeness (QED) is 0.177. The van der Waals surface area contributed by atoms with Crippen LogP contribution in [0.25, 0.3) is 54.9 Å². The van der Waals surface area contributed by atoms with E-state index in [0.29, 0.717) is 0 Å². The number of fused-ring (bicyclic) bond motifs is 2. The average Bonchev–Trinajstić information content (AvgIpc) is 3.23. The molecule has 0 spiro atoms. The summed E-state index contributed by atoms with van der Waals surface area (Å²) in [7, 11) is -0.506. The fourth-order valence-corrected chi connectivity index (χ4v) is 5.95. The van der Waals surface area contributed by atoms with E-state index in [0.717, 1.165) is 60.5 Å². The van der Waals surface area contributed by atoms with E-state index < -0.39 is 18.3 Å². The Balaban J connectivity index is 1.40. The van der Waals surface area contributed by atoms with Crippen LogP contribution in [-0.2, 0) is 9.31 Å². The van der Waals surface area contributed by atoms with Crippen LogP contribution in [0.3, 0.4) is 0 Å². The number of rotatable bonds is 4. The third-order valence-electron chi connectivity index (χ3n) is 8.87. The lowest BCUT2D eigenvalue weighted by atomic mass is 9.82. The van der Waals surface area contributed by atoms with Gasteiger partial charge in [-0.25, -0.2) is 0 Å². The van der Waals surface area contributed by atoms with E-state index in [4.69, 9.17) is 14.3 Å². The molecule has 5 aromatic carbocycles. The van der Waals surface area contributed by atoms with Crippen molar-refractivity contribution in [3.05, 3.63) is 115 Å². The minimum absolute atomic E-state index is 0.267. The second-order valence-electron chi connectivity index (χ2n) is 12.0. The number of hydrogen-bond acceptors (Lipinski definition) is 4. The number of benzene rings is 5. The summed E-state index contributed by atoms with van der Waals surface area (Å²) in [4.78, 5) is 4.84. The summed E-state index contributed by atoms with van der Waals surface area (Å²) in [5.74, 6) is 0.267. The molecule has 0 aliphatic carbocycles. The van der Waals surface area contributed by atoms with Crippen LogP contribution in [-0.4, -0.2) is 28.4 Å². The van der Waals surface area contributed by atoms with Crippen molar-refractivity contribution < 1.29 is 14.4 Å². The Kier molecular flexibility index (Phi) is 6.19. The van der Waals surface area contributed by atoms with Crippen molar-refractivity contribution in [2.75, 3.05) is 0 Å². The number of aromatic hydroxyl groups is 1. The highest BCUT2D eigenvalue weighted by atomic mass is 16.7. The molecule has 2 heterocycles. The predicted molar refractivity (Wildman–Crippen MR) is 173 cm³/mol. The fraction of sp³-hybridized carbons (Fsp3) is 0.162. The summed E-state index contributed by atoms with van der Waals surface area (Å²) in [6.45, 7) is 8.21. The van der Waals surface area contributed by atoms with E-state index in [9.17, 15) is 5.11 Å². The van der Waals surface area contributed by atoms with Gasteiger partial charge < -0.3 is 14.4 Å². The molecule has 1 N–H and O–H groups in total. The van der Waals surface area contributed by atoms with Crippen LogP contribution in [0.15, 0.2) is 115 Å². The molecule has 0 amide bonds. The maximum Gasteiger partial charge on any atom is 0.514 e. The zero-order valence-electron chi connectivity index (χ0n) is 24.3. The summed E-state index contributed by atoms with van der Waals surface area (Å²) >= 11 is 0. The molecule has 42 heavy (non-hydrogen) atoms. The Morgan fingerprint density at radius 2 is 1.07 bits per heavy atom. The molecule has 0 unspecified atom stereocenters. The van der Waals surface area contributed by atoms with Crippen molar-refractivity contribution in [1.82, 2.24) is 4.98 Å². The van der Waals surface area contributed by atoms with Gasteiger partial charge >= 0.3 is 7.12 Å². The zero-order valence-corrected chi connectivity index (χ0v) is 24.3. The third kappa shape index (κ3) is 4.28. The summed E-state index contributed by atoms with van der Waals surface area (Å²) in [6.07, 6.45) is 1.93. The molecule has 0 atom stereocenters. The second-order valence-corrected chi connectivity index (χ2v) is 12.0. The number of nitrogens with zero attached hydrogens (tertiary/aromatic N) is 1. The maximum atomic E-state index is 10.8. The normalized spacial score (nSPS) is 15.9. The van der Waals surface area contributed by atoms with Crippen LogP contribution in [0.5, 0.6) is 5.75 Å². The van der Waals surface area contributed by atoms with E-state index in [2.05, 4.69) is 88.4 Å². The van der Waals surface area contributed by atoms with Gasteiger partial charge in [0, 0.05) is 17.3 Å². The summed E-state index contributed by atoms with van der Waals surface area (Å²) in [5.41, 5.74) is 6.08. The van der Waals surface area contributed by atoms with Crippen LogP contribution in [0, 0.1) is 0 Å². The molecule has 0 saturated carbocycles. The van der Waals surface area contributed by atoms with Crippen molar-refractivity contribution in [2.24, 2.45) is 0 Å². The Labute approximate surface area is 246 Å². The molecule has 1 saturated heterocycles. The number of phenols is 1. The van der Waals surface area contributed by atoms with Gasteiger partial charge in [0.25, 0.3) is 0 Å². The van der Waals surface area contributed by atoms with Crippen LogP contribution >= 0.6 is 0 Å². The van der Waals surface area contributed by atoms with Gasteiger partial charge in [-0.15, -0.1) is 0 Å². The van der Waals surface area contributed by atoms with Gasteiger partial charge in [0.1, 0.15) is 5.75 Å². The van der Waals surface area contributed by atoms with Gasteiger partial charge in [-0.05, 0) is 89.7 Å². The van der Waals surface area contributed by atoms with Crippen LogP contribution in [0.1, 0.15) is 27.7 Å². The predicted octanol–water partition coefficient (Wildman–Crippen LogP) is 8.39. The highest BCUT2D eigenvalue weighted by Crippen LogP contribution is 2.45. The van der Waals surface area contributed by atoms with Crippen LogP contribution < -0.4 is 5.59 Å². The summed E-state index contributed by atoms with van der Waals surface area (Å²) < 4.78 is 12.5. The lowest BCUT2D eigenvalue weighted by molar-refractivity contribution is 0.00578. The molecule has 1 fully saturated rings. The van der Waals surface area contributed by atoms with Gasteiger partial charge in [0.2, 0.25) is 0 Å². The highest BCUT2D eigenvalue weighted by molar-refractivity contribution is 6.61. The van der Waals surface area contributed by atoms with E-state index in [1.54, 1.807) is 6.07 Å². The van der Waals surface area contributed by atoms with Gasteiger partial charge in [-0.1, -0.05) is 91.0 Å². The molecule has 1 aliphatic rings. The Bertz CT molecular complexity index is 1880. The first-order valence-electron chi connectivity index (χ1n) is 14.4. The van der Waals surface area contributed by atoms with Gasteiger partial charge in [0.05, 0.1) is 16.8 Å². The fourth-order valence-electron chi connectivity index (χ4n) is 5.95. The summed E-state index contributed by atoms with van der Waals surface area (Å²) in [6, 6.07) is 37.1. The molecule has 1 aliphatic heterocycles. The largest absolute Gasteiger partial charge is 0.514 e. The average molecular weight is 549 g/mol. The molecule has 5 heteroatoms. The molecule has 1 aromatic heterocycles. The highest BCUT2D eigenvalue weighted by Gasteiger charge is 2.52. The molecule has 6 aromatic rings. The van der Waals surface area contributed by atoms with Crippen molar-refractivity contribution >= 4 is 34.3 Å². The van der Waals surface area contributed by atoms with Crippen molar-refractivity contribution in [2.45, 2.75) is 38.9 Å². The molecule has 0 radical (unpaired) electrons. The van der Waals surface area contributed by atoms with Crippen molar-refractivity contribution in [1.29, 1.82) is 0 Å². The molecular weight excluding hydrogens is 517 g/mol. The Morgan fingerprint density at radius 1 is 0.571 bits per heavy atom. The lowest BCUT2D eigenvalue weighted by Crippen LogP contribution is -2.41. The Morgan fingerprint density at radius 3 is 1.60 bits per heavy atom. The smallest absolute Gasteiger partial charge is 0.507 e. The van der Waals surface area contributed by atoms with Gasteiger partial charge in [-0.2, -0.15) is 0 Å². The van der Waals surface area contributed by atoms with E-state index in [-0.39, 0.29) is 5.75 Å². The molecule has 7 rings (SSSR count). The van der Waals surface area contributed by atoms with E-state index in [1.807, 2.05) is 48.7 Å². The first-order chi connectivity index (χ1) is 20.2. The van der Waals surface area contributed by atoms with Crippen LogP contribution in [0.2, 0.25) is 0 Å². The van der Waals surface area contributed by atoms with E-state index in [1.165, 1.54) is 0 Å². The monoisotopic (exact) mass is 549 g/mol. The lowest BCUT2D eigenvalue weighted by Gasteiger charge is -2.32. The van der Waals surface area contributed by atoms with Crippen molar-refractivity contribution in [3.63, 3.8) is 0 Å². The zero-order chi connectivity index (χ0) is 29.1. The second kappa shape index (κ2) is 9.83. The van der Waals surface area contributed by atoms with Gasteiger partial charge in [0.15, 0.2) is 0 Å². The first-order valence-corrected chi connectivity index (χ1v) is 14.4. The van der Waals surface area contributed by atoms with Gasteiger partial charge in [-0.3, -0.25) is 4.98 Å². The van der Waals surface area contributed by atoms with Crippen LogP contribution in [0.4, 0.5) is 0 Å². The number of aromatic nitrogens is 1. The molecule has 4 nitrogen and oxygen atoms in total.